The van der Waals surface area contributed by atoms with E-state index in [0.29, 0.717) is 36.7 Å². The van der Waals surface area contributed by atoms with Crippen LogP contribution in [-0.2, 0) is 33.4 Å². The Hall–Kier alpha value is -2.12. The monoisotopic (exact) mass is 547 g/mol. The molecule has 1 unspecified atom stereocenters. The number of rotatable bonds is 8. The van der Waals surface area contributed by atoms with Crippen LogP contribution in [0, 0.1) is 40.4 Å². The zero-order valence-corrected chi connectivity index (χ0v) is 24.8. The molecule has 0 aromatic rings. The van der Waals surface area contributed by atoms with Crippen molar-refractivity contribution in [1.82, 2.24) is 5.32 Å². The molecule has 0 bridgehead atoms. The first kappa shape index (κ1) is 29.9. The molecule has 220 valence electrons. The predicted octanol–water partition coefficient (Wildman–Crippen LogP) is 4.97. The zero-order valence-electron chi connectivity index (χ0n) is 24.8. The Kier molecular flexibility index (Phi) is 9.02. The highest BCUT2D eigenvalue weighted by Crippen LogP contribution is 2.66. The largest absolute Gasteiger partial charge is 0.466 e. The van der Waals surface area contributed by atoms with Crippen LogP contribution in [0.4, 0.5) is 0 Å². The van der Waals surface area contributed by atoms with Gasteiger partial charge in [-0.15, -0.1) is 0 Å². The summed E-state index contributed by atoms with van der Waals surface area (Å²) in [4.78, 5) is 47.9. The predicted molar refractivity (Wildman–Crippen MR) is 145 cm³/mol. The van der Waals surface area contributed by atoms with E-state index in [0.717, 1.165) is 51.4 Å². The van der Waals surface area contributed by atoms with Crippen molar-refractivity contribution in [2.24, 2.45) is 40.4 Å². The Morgan fingerprint density at radius 3 is 2.26 bits per heavy atom. The lowest BCUT2D eigenvalue weighted by atomic mass is 9.45. The Morgan fingerprint density at radius 1 is 0.872 bits per heavy atom. The fourth-order valence-electron chi connectivity index (χ4n) is 9.08. The van der Waals surface area contributed by atoms with E-state index in [1.807, 2.05) is 6.92 Å². The number of nitrogens with one attached hydrogen (secondary N) is 1. The number of carbonyl (C=O) groups excluding carboxylic acids is 4. The molecule has 0 aromatic carbocycles. The van der Waals surface area contributed by atoms with E-state index < -0.39 is 0 Å². The van der Waals surface area contributed by atoms with Gasteiger partial charge in [0.2, 0.25) is 5.91 Å². The number of esters is 3. The molecule has 1 N–H and O–H groups in total. The van der Waals surface area contributed by atoms with E-state index >= 15 is 0 Å². The van der Waals surface area contributed by atoms with Crippen LogP contribution < -0.4 is 5.32 Å². The Morgan fingerprint density at radius 2 is 1.59 bits per heavy atom. The molecule has 8 nitrogen and oxygen atoms in total. The average Bonchev–Trinajstić information content (AvgIpc) is 3.12. The van der Waals surface area contributed by atoms with Crippen LogP contribution >= 0.6 is 0 Å². The summed E-state index contributed by atoms with van der Waals surface area (Å²) in [6.07, 6.45) is 8.73. The number of ether oxygens (including phenoxy) is 3. The molecular formula is C31H49NO7. The lowest BCUT2D eigenvalue weighted by Crippen LogP contribution is -2.57. The van der Waals surface area contributed by atoms with E-state index in [1.54, 1.807) is 6.92 Å². The maximum Gasteiger partial charge on any atom is 0.306 e. The van der Waals surface area contributed by atoms with Gasteiger partial charge in [0.1, 0.15) is 12.2 Å². The Bertz CT molecular complexity index is 951. The molecule has 0 heterocycles. The minimum Gasteiger partial charge on any atom is -0.466 e. The van der Waals surface area contributed by atoms with Gasteiger partial charge in [-0.3, -0.25) is 19.2 Å². The summed E-state index contributed by atoms with van der Waals surface area (Å²) < 4.78 is 16.8. The van der Waals surface area contributed by atoms with Crippen LogP contribution in [-0.4, -0.2) is 48.7 Å². The van der Waals surface area contributed by atoms with Gasteiger partial charge < -0.3 is 19.5 Å². The quantitative estimate of drug-likeness (QED) is 0.338. The molecule has 4 fully saturated rings. The molecule has 4 rings (SSSR count). The summed E-state index contributed by atoms with van der Waals surface area (Å²) in [5.74, 6) is 1.34. The minimum absolute atomic E-state index is 0.0437. The number of amides is 1. The van der Waals surface area contributed by atoms with Gasteiger partial charge in [0.05, 0.1) is 12.6 Å². The van der Waals surface area contributed by atoms with Crippen LogP contribution in [0.15, 0.2) is 0 Å². The van der Waals surface area contributed by atoms with Crippen molar-refractivity contribution in [3.05, 3.63) is 0 Å². The lowest BCUT2D eigenvalue weighted by molar-refractivity contribution is -0.159. The summed E-state index contributed by atoms with van der Waals surface area (Å²) >= 11 is 0. The van der Waals surface area contributed by atoms with Crippen molar-refractivity contribution in [2.75, 3.05) is 6.61 Å². The van der Waals surface area contributed by atoms with Crippen molar-refractivity contribution in [3.63, 3.8) is 0 Å². The third-order valence-corrected chi connectivity index (χ3v) is 11.0. The third-order valence-electron chi connectivity index (χ3n) is 11.0. The fraction of sp³-hybridized carbons (Fsp3) is 0.871. The highest BCUT2D eigenvalue weighted by atomic mass is 16.5. The molecule has 1 amide bonds. The molecule has 8 heteroatoms. The van der Waals surface area contributed by atoms with Crippen LogP contribution in [0.5, 0.6) is 0 Å². The van der Waals surface area contributed by atoms with E-state index in [4.69, 9.17) is 14.2 Å². The standard InChI is InChI=1S/C31H49NO7/c1-18(17-37-20(3)34)7-10-28(36)39-27-16-26-24-9-8-22-15-23(38-21(4)35)11-13-30(22,5)25(24)12-14-31(26,6)29(27)32-19(2)33/h18,22-27,29H,7-17H2,1-6H3,(H,32,33)/t18-,22-,23+,24+,25-,26-,27-,29?,30-,31-/m0/s1. The first-order valence-electron chi connectivity index (χ1n) is 15.1. The molecular weight excluding hydrogens is 498 g/mol. The summed E-state index contributed by atoms with van der Waals surface area (Å²) in [5.41, 5.74) is 0.121. The Balaban J connectivity index is 1.45. The topological polar surface area (TPSA) is 108 Å². The van der Waals surface area contributed by atoms with Gasteiger partial charge in [-0.05, 0) is 98.2 Å². The second-order valence-electron chi connectivity index (χ2n) is 13.6. The van der Waals surface area contributed by atoms with Gasteiger partial charge >= 0.3 is 17.9 Å². The van der Waals surface area contributed by atoms with Gasteiger partial charge in [0.15, 0.2) is 0 Å². The SMILES string of the molecule is CC(=O)NC1[C@@H](OC(=O)CC[C@H](C)COC(C)=O)C[C@H]2[C@@H]3CC[C@H]4C[C@H](OC(C)=O)CC[C@]4(C)[C@H]3CC[C@]12C. The smallest absolute Gasteiger partial charge is 0.306 e. The molecule has 10 atom stereocenters. The van der Waals surface area contributed by atoms with Crippen molar-refractivity contribution in [2.45, 2.75) is 124 Å². The van der Waals surface area contributed by atoms with Crippen LogP contribution in [0.2, 0.25) is 0 Å². The Labute approximate surface area is 233 Å². The van der Waals surface area contributed by atoms with Crippen molar-refractivity contribution < 1.29 is 33.4 Å². The van der Waals surface area contributed by atoms with Gasteiger partial charge in [0, 0.05) is 27.2 Å². The highest BCUT2D eigenvalue weighted by molar-refractivity contribution is 5.74. The maximum atomic E-state index is 12.9. The number of hydrogen-bond acceptors (Lipinski definition) is 7. The van der Waals surface area contributed by atoms with Crippen molar-refractivity contribution in [1.29, 1.82) is 0 Å². The second kappa shape index (κ2) is 11.8. The van der Waals surface area contributed by atoms with E-state index in [2.05, 4.69) is 19.2 Å². The molecule has 4 aliphatic rings. The van der Waals surface area contributed by atoms with Gasteiger partial charge in [-0.25, -0.2) is 0 Å². The molecule has 4 saturated carbocycles. The average molecular weight is 548 g/mol. The van der Waals surface area contributed by atoms with E-state index in [-0.39, 0.29) is 65.2 Å². The molecule has 0 spiro atoms. The molecule has 0 aromatic heterocycles. The van der Waals surface area contributed by atoms with Crippen molar-refractivity contribution >= 4 is 23.8 Å². The summed E-state index contributed by atoms with van der Waals surface area (Å²) in [5, 5.41) is 3.20. The second-order valence-corrected chi connectivity index (χ2v) is 13.6. The number of hydrogen-bond donors (Lipinski definition) is 1. The van der Waals surface area contributed by atoms with Crippen molar-refractivity contribution in [3.8, 4) is 0 Å². The normalized spacial score (nSPS) is 39.8. The fourth-order valence-corrected chi connectivity index (χ4v) is 9.08. The summed E-state index contributed by atoms with van der Waals surface area (Å²) in [6.45, 7) is 11.5. The summed E-state index contributed by atoms with van der Waals surface area (Å²) in [6, 6.07) is -0.186. The third kappa shape index (κ3) is 6.30. The molecule has 0 aliphatic heterocycles. The van der Waals surface area contributed by atoms with Gasteiger partial charge in [-0.1, -0.05) is 20.8 Å². The first-order chi connectivity index (χ1) is 18.3. The summed E-state index contributed by atoms with van der Waals surface area (Å²) in [7, 11) is 0. The molecule has 39 heavy (non-hydrogen) atoms. The molecule has 4 aliphatic carbocycles. The zero-order chi connectivity index (χ0) is 28.5. The molecule has 0 saturated heterocycles. The lowest BCUT2D eigenvalue weighted by Gasteiger charge is -2.60. The molecule has 0 radical (unpaired) electrons. The number of carbonyl (C=O) groups is 4. The minimum atomic E-state index is -0.329. The highest BCUT2D eigenvalue weighted by Gasteiger charge is 2.63. The van der Waals surface area contributed by atoms with Gasteiger partial charge in [0.25, 0.3) is 0 Å². The maximum absolute atomic E-state index is 12.9. The first-order valence-corrected chi connectivity index (χ1v) is 15.1. The van der Waals surface area contributed by atoms with E-state index in [1.165, 1.54) is 13.8 Å². The van der Waals surface area contributed by atoms with Crippen LogP contribution in [0.25, 0.3) is 0 Å². The van der Waals surface area contributed by atoms with E-state index in [9.17, 15) is 19.2 Å². The van der Waals surface area contributed by atoms with Crippen LogP contribution in [0.3, 0.4) is 0 Å². The number of fused-ring (bicyclic) bond motifs is 5. The van der Waals surface area contributed by atoms with Crippen LogP contribution in [0.1, 0.15) is 106 Å². The van der Waals surface area contributed by atoms with Gasteiger partial charge in [-0.2, -0.15) is 0 Å².